The molecule has 0 amide bonds. The summed E-state index contributed by atoms with van der Waals surface area (Å²) in [6.07, 6.45) is 6.25. The van der Waals surface area contributed by atoms with Crippen molar-refractivity contribution in [3.63, 3.8) is 0 Å². The van der Waals surface area contributed by atoms with E-state index in [-0.39, 0.29) is 24.6 Å². The molecule has 0 aromatic heterocycles. The minimum Gasteiger partial charge on any atom is -0.391 e. The molecule has 80 valence electrons. The van der Waals surface area contributed by atoms with Crippen LogP contribution < -0.4 is 5.32 Å². The first-order valence-corrected chi connectivity index (χ1v) is 5.11. The van der Waals surface area contributed by atoms with Crippen LogP contribution in [0, 0.1) is 5.92 Å². The second-order valence-electron chi connectivity index (χ2n) is 3.97. The smallest absolute Gasteiger partial charge is 0.0718 e. The molecule has 2 unspecified atom stereocenters. The third-order valence-corrected chi connectivity index (χ3v) is 3.10. The van der Waals surface area contributed by atoms with E-state index in [2.05, 4.69) is 12.2 Å². The summed E-state index contributed by atoms with van der Waals surface area (Å²) < 4.78 is 0. The quantitative estimate of drug-likeness (QED) is 0.742. The number of nitrogens with one attached hydrogen (secondary N) is 1. The number of likely N-dealkylation sites (N-methyl/N-ethyl adjacent to an activating group) is 1. The number of rotatable bonds is 3. The van der Waals surface area contributed by atoms with Crippen molar-refractivity contribution in [2.24, 2.45) is 5.92 Å². The monoisotopic (exact) mass is 207 g/mol. The average molecular weight is 208 g/mol. The van der Waals surface area contributed by atoms with Gasteiger partial charge in [0.1, 0.15) is 0 Å². The van der Waals surface area contributed by atoms with Crippen molar-refractivity contribution in [1.29, 1.82) is 0 Å². The Balaban J connectivity index is 0.00000144. The summed E-state index contributed by atoms with van der Waals surface area (Å²) in [4.78, 5) is 0. The van der Waals surface area contributed by atoms with Crippen LogP contribution in [0.4, 0.5) is 0 Å². The van der Waals surface area contributed by atoms with Crippen molar-refractivity contribution in [2.45, 2.75) is 51.2 Å². The highest BCUT2D eigenvalue weighted by atomic mass is 35.5. The summed E-state index contributed by atoms with van der Waals surface area (Å²) in [6.45, 7) is 2.05. The Kier molecular flexibility index (Phi) is 6.74. The molecule has 13 heavy (non-hydrogen) atoms. The summed E-state index contributed by atoms with van der Waals surface area (Å²) in [5.74, 6) is 0.543. The maximum Gasteiger partial charge on any atom is 0.0718 e. The SMILES string of the molecule is CNC(C)C(O)C1CCCCC1.Cl. The molecule has 1 fully saturated rings. The molecule has 1 saturated carbocycles. The molecule has 2 nitrogen and oxygen atoms in total. The van der Waals surface area contributed by atoms with E-state index >= 15 is 0 Å². The Morgan fingerprint density at radius 3 is 2.23 bits per heavy atom. The van der Waals surface area contributed by atoms with E-state index in [1.54, 1.807) is 0 Å². The van der Waals surface area contributed by atoms with Crippen molar-refractivity contribution < 1.29 is 5.11 Å². The van der Waals surface area contributed by atoms with Crippen molar-refractivity contribution in [1.82, 2.24) is 5.32 Å². The minimum absolute atomic E-state index is 0. The van der Waals surface area contributed by atoms with Crippen LogP contribution in [0.1, 0.15) is 39.0 Å². The second-order valence-corrected chi connectivity index (χ2v) is 3.97. The van der Waals surface area contributed by atoms with Crippen LogP contribution >= 0.6 is 12.4 Å². The Hall–Kier alpha value is 0.210. The van der Waals surface area contributed by atoms with Crippen molar-refractivity contribution in [2.75, 3.05) is 7.05 Å². The van der Waals surface area contributed by atoms with E-state index < -0.39 is 0 Å². The second kappa shape index (κ2) is 6.63. The number of halogens is 1. The van der Waals surface area contributed by atoms with Crippen LogP contribution in [0.5, 0.6) is 0 Å². The molecule has 1 rings (SSSR count). The third-order valence-electron chi connectivity index (χ3n) is 3.10. The van der Waals surface area contributed by atoms with Gasteiger partial charge >= 0.3 is 0 Å². The molecule has 1 aliphatic rings. The van der Waals surface area contributed by atoms with Crippen LogP contribution in [0.2, 0.25) is 0 Å². The predicted molar refractivity (Wildman–Crippen MR) is 58.4 cm³/mol. The molecule has 0 radical (unpaired) electrons. The summed E-state index contributed by atoms with van der Waals surface area (Å²) in [6, 6.07) is 0.244. The van der Waals surface area contributed by atoms with Crippen molar-refractivity contribution in [3.8, 4) is 0 Å². The Morgan fingerprint density at radius 2 is 1.77 bits per heavy atom. The summed E-state index contributed by atoms with van der Waals surface area (Å²) in [7, 11) is 1.91. The number of aliphatic hydroxyl groups excluding tert-OH is 1. The molecule has 0 aromatic rings. The summed E-state index contributed by atoms with van der Waals surface area (Å²) >= 11 is 0. The lowest BCUT2D eigenvalue weighted by Gasteiger charge is -2.30. The number of hydrogen-bond acceptors (Lipinski definition) is 2. The zero-order chi connectivity index (χ0) is 8.97. The maximum atomic E-state index is 9.88. The largest absolute Gasteiger partial charge is 0.391 e. The van der Waals surface area contributed by atoms with Crippen LogP contribution in [-0.4, -0.2) is 24.3 Å². The van der Waals surface area contributed by atoms with Gasteiger partial charge in [-0.2, -0.15) is 0 Å². The van der Waals surface area contributed by atoms with Crippen molar-refractivity contribution >= 4 is 12.4 Å². The van der Waals surface area contributed by atoms with E-state index in [0.717, 1.165) is 0 Å². The molecule has 0 aromatic carbocycles. The topological polar surface area (TPSA) is 32.3 Å². The lowest BCUT2D eigenvalue weighted by Crippen LogP contribution is -2.40. The van der Waals surface area contributed by atoms with Gasteiger partial charge in [-0.05, 0) is 32.7 Å². The van der Waals surface area contributed by atoms with Crippen LogP contribution in [0.3, 0.4) is 0 Å². The zero-order valence-corrected chi connectivity index (χ0v) is 9.44. The lowest BCUT2D eigenvalue weighted by atomic mass is 9.83. The first-order chi connectivity index (χ1) is 5.75. The fourth-order valence-corrected chi connectivity index (χ4v) is 2.05. The first kappa shape index (κ1) is 13.2. The highest BCUT2D eigenvalue weighted by Gasteiger charge is 2.24. The molecule has 2 atom stereocenters. The van der Waals surface area contributed by atoms with E-state index in [0.29, 0.717) is 5.92 Å². The Morgan fingerprint density at radius 1 is 1.23 bits per heavy atom. The van der Waals surface area contributed by atoms with Gasteiger partial charge in [-0.15, -0.1) is 12.4 Å². The lowest BCUT2D eigenvalue weighted by molar-refractivity contribution is 0.0580. The normalized spacial score (nSPS) is 23.3. The maximum absolute atomic E-state index is 9.88. The van der Waals surface area contributed by atoms with Crippen molar-refractivity contribution in [3.05, 3.63) is 0 Å². The molecule has 0 aliphatic heterocycles. The van der Waals surface area contributed by atoms with Gasteiger partial charge in [0, 0.05) is 6.04 Å². The highest BCUT2D eigenvalue weighted by molar-refractivity contribution is 5.85. The van der Waals surface area contributed by atoms with E-state index in [1.165, 1.54) is 32.1 Å². The van der Waals surface area contributed by atoms with Gasteiger partial charge in [0.05, 0.1) is 6.10 Å². The van der Waals surface area contributed by atoms with Crippen LogP contribution in [0.25, 0.3) is 0 Å². The highest BCUT2D eigenvalue weighted by Crippen LogP contribution is 2.27. The van der Waals surface area contributed by atoms with E-state index in [4.69, 9.17) is 0 Å². The summed E-state index contributed by atoms with van der Waals surface area (Å²) in [5.41, 5.74) is 0. The number of aliphatic hydroxyl groups is 1. The van der Waals surface area contributed by atoms with Gasteiger partial charge < -0.3 is 10.4 Å². The molecular weight excluding hydrogens is 186 g/mol. The first-order valence-electron chi connectivity index (χ1n) is 5.11. The average Bonchev–Trinajstić information content (AvgIpc) is 2.17. The van der Waals surface area contributed by atoms with Gasteiger partial charge in [0.15, 0.2) is 0 Å². The fraction of sp³-hybridized carbons (Fsp3) is 1.00. The number of hydrogen-bond donors (Lipinski definition) is 2. The molecule has 1 aliphatic carbocycles. The molecular formula is C10H22ClNO. The van der Waals surface area contributed by atoms with Crippen LogP contribution in [0.15, 0.2) is 0 Å². The molecule has 0 spiro atoms. The predicted octanol–water partition coefficient (Wildman–Crippen LogP) is 1.96. The van der Waals surface area contributed by atoms with Gasteiger partial charge in [-0.1, -0.05) is 19.3 Å². The third kappa shape index (κ3) is 3.84. The van der Waals surface area contributed by atoms with Gasteiger partial charge in [-0.25, -0.2) is 0 Å². The Bertz CT molecular complexity index is 126. The molecule has 0 heterocycles. The zero-order valence-electron chi connectivity index (χ0n) is 8.62. The summed E-state index contributed by atoms with van der Waals surface area (Å²) in [5, 5.41) is 13.0. The minimum atomic E-state index is -0.143. The molecule has 0 bridgehead atoms. The molecule has 2 N–H and O–H groups in total. The van der Waals surface area contributed by atoms with Crippen LogP contribution in [-0.2, 0) is 0 Å². The van der Waals surface area contributed by atoms with E-state index in [9.17, 15) is 5.11 Å². The van der Waals surface area contributed by atoms with Gasteiger partial charge in [0.25, 0.3) is 0 Å². The standard InChI is InChI=1S/C10H21NO.ClH/c1-8(11-2)10(12)9-6-4-3-5-7-9;/h8-12H,3-7H2,1-2H3;1H. The fourth-order valence-electron chi connectivity index (χ4n) is 2.05. The van der Waals surface area contributed by atoms with Gasteiger partial charge in [0.2, 0.25) is 0 Å². The van der Waals surface area contributed by atoms with E-state index in [1.807, 2.05) is 7.05 Å². The molecule has 3 heteroatoms. The van der Waals surface area contributed by atoms with Gasteiger partial charge in [-0.3, -0.25) is 0 Å². The Labute approximate surface area is 87.5 Å². The molecule has 0 saturated heterocycles.